The van der Waals surface area contributed by atoms with E-state index in [9.17, 15) is 0 Å². The average molecular weight is 225 g/mol. The Morgan fingerprint density at radius 3 is 3.13 bits per heavy atom. The number of aromatic nitrogens is 1. The second-order valence-corrected chi connectivity index (χ2v) is 5.36. The van der Waals surface area contributed by atoms with Gasteiger partial charge in [0.15, 0.2) is 0 Å². The first-order valence-corrected chi connectivity index (χ1v) is 6.50. The molecule has 2 atom stereocenters. The summed E-state index contributed by atoms with van der Waals surface area (Å²) >= 11 is 1.74. The molecule has 1 aromatic rings. The molecule has 0 amide bonds. The summed E-state index contributed by atoms with van der Waals surface area (Å²) in [7, 11) is 0. The van der Waals surface area contributed by atoms with Crippen molar-refractivity contribution in [2.75, 3.05) is 13.1 Å². The van der Waals surface area contributed by atoms with E-state index in [-0.39, 0.29) is 0 Å². The van der Waals surface area contributed by atoms with Gasteiger partial charge >= 0.3 is 0 Å². The lowest BCUT2D eigenvalue weighted by Gasteiger charge is -2.37. The van der Waals surface area contributed by atoms with Crippen LogP contribution in [0.2, 0.25) is 0 Å². The van der Waals surface area contributed by atoms with Crippen LogP contribution in [-0.4, -0.2) is 29.0 Å². The van der Waals surface area contributed by atoms with E-state index in [1.807, 2.05) is 11.6 Å². The van der Waals surface area contributed by atoms with Gasteiger partial charge in [0.25, 0.3) is 0 Å². The first-order valence-electron chi connectivity index (χ1n) is 5.62. The quantitative estimate of drug-likeness (QED) is 0.851. The molecule has 0 radical (unpaired) electrons. The second kappa shape index (κ2) is 5.05. The van der Waals surface area contributed by atoms with Crippen LogP contribution < -0.4 is 5.73 Å². The van der Waals surface area contributed by atoms with Gasteiger partial charge in [-0.3, -0.25) is 4.90 Å². The Morgan fingerprint density at radius 2 is 2.47 bits per heavy atom. The van der Waals surface area contributed by atoms with Crippen LogP contribution in [0.15, 0.2) is 11.6 Å². The highest BCUT2D eigenvalue weighted by atomic mass is 32.1. The highest BCUT2D eigenvalue weighted by Crippen LogP contribution is 2.23. The van der Waals surface area contributed by atoms with E-state index < -0.39 is 0 Å². The molecular formula is C11H19N3S. The molecule has 0 aliphatic carbocycles. The van der Waals surface area contributed by atoms with Crippen LogP contribution >= 0.6 is 11.3 Å². The smallest absolute Gasteiger partial charge is 0.107 e. The summed E-state index contributed by atoms with van der Waals surface area (Å²) in [6, 6.07) is 0.677. The fourth-order valence-electron chi connectivity index (χ4n) is 2.18. The number of likely N-dealkylation sites (tertiary alicyclic amines) is 1. The van der Waals surface area contributed by atoms with Gasteiger partial charge in [-0.05, 0) is 32.2 Å². The molecule has 0 aromatic carbocycles. The number of hydrogen-bond acceptors (Lipinski definition) is 4. The number of piperidine rings is 1. The van der Waals surface area contributed by atoms with Crippen LogP contribution in [0.4, 0.5) is 0 Å². The Morgan fingerprint density at radius 1 is 1.60 bits per heavy atom. The summed E-state index contributed by atoms with van der Waals surface area (Å²) in [4.78, 5) is 6.85. The minimum atomic E-state index is 0.677. The fraction of sp³-hybridized carbons (Fsp3) is 0.727. The van der Waals surface area contributed by atoms with Gasteiger partial charge in [0, 0.05) is 24.2 Å². The average Bonchev–Trinajstić information content (AvgIpc) is 2.74. The van der Waals surface area contributed by atoms with Gasteiger partial charge in [0.1, 0.15) is 5.01 Å². The van der Waals surface area contributed by atoms with E-state index in [0.717, 1.165) is 19.6 Å². The first kappa shape index (κ1) is 11.0. The summed E-state index contributed by atoms with van der Waals surface area (Å²) in [5, 5.41) is 3.27. The largest absolute Gasteiger partial charge is 0.330 e. The molecule has 1 aliphatic rings. The summed E-state index contributed by atoms with van der Waals surface area (Å²) in [6.07, 6.45) is 4.44. The van der Waals surface area contributed by atoms with E-state index in [1.54, 1.807) is 11.3 Å². The minimum absolute atomic E-state index is 0.677. The van der Waals surface area contributed by atoms with Crippen molar-refractivity contribution in [3.05, 3.63) is 16.6 Å². The lowest BCUT2D eigenvalue weighted by molar-refractivity contribution is 0.113. The number of nitrogens with two attached hydrogens (primary N) is 1. The van der Waals surface area contributed by atoms with Crippen LogP contribution in [0.25, 0.3) is 0 Å². The molecule has 0 bridgehead atoms. The Balaban J connectivity index is 1.94. The Kier molecular flexibility index (Phi) is 3.72. The molecule has 15 heavy (non-hydrogen) atoms. The van der Waals surface area contributed by atoms with Crippen molar-refractivity contribution in [1.29, 1.82) is 0 Å². The molecule has 1 aliphatic heterocycles. The number of nitrogens with zero attached hydrogens (tertiary/aromatic N) is 2. The third-order valence-corrected chi connectivity index (χ3v) is 4.03. The molecule has 2 unspecified atom stereocenters. The van der Waals surface area contributed by atoms with Crippen LogP contribution in [0.1, 0.15) is 24.8 Å². The highest BCUT2D eigenvalue weighted by Gasteiger charge is 2.24. The van der Waals surface area contributed by atoms with Crippen molar-refractivity contribution in [3.8, 4) is 0 Å². The van der Waals surface area contributed by atoms with Crippen molar-refractivity contribution in [2.24, 2.45) is 11.7 Å². The van der Waals surface area contributed by atoms with E-state index in [1.165, 1.54) is 17.8 Å². The van der Waals surface area contributed by atoms with Crippen molar-refractivity contribution in [1.82, 2.24) is 9.88 Å². The summed E-state index contributed by atoms with van der Waals surface area (Å²) in [5.41, 5.74) is 5.74. The van der Waals surface area contributed by atoms with Gasteiger partial charge in [-0.15, -0.1) is 11.3 Å². The lowest BCUT2D eigenvalue weighted by Crippen LogP contribution is -2.43. The molecule has 1 aromatic heterocycles. The monoisotopic (exact) mass is 225 g/mol. The molecule has 1 fully saturated rings. The highest BCUT2D eigenvalue weighted by molar-refractivity contribution is 7.09. The zero-order valence-electron chi connectivity index (χ0n) is 9.22. The van der Waals surface area contributed by atoms with E-state index in [4.69, 9.17) is 5.73 Å². The SMILES string of the molecule is CC1CCC(CN)CN1Cc1nccs1. The van der Waals surface area contributed by atoms with Crippen LogP contribution in [0.5, 0.6) is 0 Å². The number of hydrogen-bond donors (Lipinski definition) is 1. The van der Waals surface area contributed by atoms with Gasteiger partial charge in [0.2, 0.25) is 0 Å². The second-order valence-electron chi connectivity index (χ2n) is 4.38. The maximum Gasteiger partial charge on any atom is 0.107 e. The first-order chi connectivity index (χ1) is 7.29. The van der Waals surface area contributed by atoms with E-state index in [2.05, 4.69) is 16.8 Å². The summed E-state index contributed by atoms with van der Waals surface area (Å²) in [5.74, 6) is 0.682. The molecule has 2 N–H and O–H groups in total. The minimum Gasteiger partial charge on any atom is -0.330 e. The van der Waals surface area contributed by atoms with Crippen molar-refractivity contribution < 1.29 is 0 Å². The zero-order chi connectivity index (χ0) is 10.7. The van der Waals surface area contributed by atoms with E-state index in [0.29, 0.717) is 12.0 Å². The molecule has 84 valence electrons. The molecule has 2 heterocycles. The summed E-state index contributed by atoms with van der Waals surface area (Å²) in [6.45, 7) is 5.26. The van der Waals surface area contributed by atoms with Gasteiger partial charge in [-0.25, -0.2) is 4.98 Å². The molecule has 1 saturated heterocycles. The molecule has 4 heteroatoms. The van der Waals surface area contributed by atoms with Crippen LogP contribution in [-0.2, 0) is 6.54 Å². The van der Waals surface area contributed by atoms with Gasteiger partial charge in [0.05, 0.1) is 6.54 Å². The third-order valence-electron chi connectivity index (χ3n) is 3.26. The standard InChI is InChI=1S/C11H19N3S/c1-9-2-3-10(6-12)7-14(9)8-11-13-4-5-15-11/h4-5,9-10H,2-3,6-8,12H2,1H3. The maximum absolute atomic E-state index is 5.74. The van der Waals surface area contributed by atoms with Crippen LogP contribution in [0.3, 0.4) is 0 Å². The molecule has 3 nitrogen and oxygen atoms in total. The molecular weight excluding hydrogens is 206 g/mol. The van der Waals surface area contributed by atoms with Gasteiger partial charge in [-0.1, -0.05) is 0 Å². The third kappa shape index (κ3) is 2.77. The van der Waals surface area contributed by atoms with Gasteiger partial charge in [-0.2, -0.15) is 0 Å². The van der Waals surface area contributed by atoms with E-state index >= 15 is 0 Å². The molecule has 0 saturated carbocycles. The molecule has 2 rings (SSSR count). The Bertz CT molecular complexity index is 286. The van der Waals surface area contributed by atoms with Crippen molar-refractivity contribution in [3.63, 3.8) is 0 Å². The fourth-order valence-corrected chi connectivity index (χ4v) is 2.82. The predicted octanol–water partition coefficient (Wildman–Crippen LogP) is 1.70. The zero-order valence-corrected chi connectivity index (χ0v) is 10.0. The van der Waals surface area contributed by atoms with Crippen molar-refractivity contribution >= 4 is 11.3 Å². The summed E-state index contributed by atoms with van der Waals surface area (Å²) < 4.78 is 0. The maximum atomic E-state index is 5.74. The predicted molar refractivity (Wildman–Crippen MR) is 63.8 cm³/mol. The van der Waals surface area contributed by atoms with Gasteiger partial charge < -0.3 is 5.73 Å². The number of rotatable bonds is 3. The Labute approximate surface area is 95.3 Å². The Hall–Kier alpha value is -0.450. The van der Waals surface area contributed by atoms with Crippen molar-refractivity contribution in [2.45, 2.75) is 32.4 Å². The lowest BCUT2D eigenvalue weighted by atomic mass is 9.94. The number of thiazole rings is 1. The topological polar surface area (TPSA) is 42.1 Å². The normalized spacial score (nSPS) is 28.1. The molecule has 0 spiro atoms. The van der Waals surface area contributed by atoms with Crippen LogP contribution in [0, 0.1) is 5.92 Å².